The summed E-state index contributed by atoms with van der Waals surface area (Å²) in [5, 5.41) is 0. The number of benzene rings is 3. The van der Waals surface area contributed by atoms with Crippen molar-refractivity contribution in [2.75, 3.05) is 0 Å². The summed E-state index contributed by atoms with van der Waals surface area (Å²) in [5.41, 5.74) is 4.96. The lowest BCUT2D eigenvalue weighted by Gasteiger charge is -2.22. The monoisotopic (exact) mass is 298 g/mol. The molecule has 0 amide bonds. The number of hydrogen-bond donors (Lipinski definition) is 0. The van der Waals surface area contributed by atoms with Crippen molar-refractivity contribution in [1.82, 2.24) is 0 Å². The lowest BCUT2D eigenvalue weighted by atomic mass is 9.82. The molecule has 1 aliphatic rings. The summed E-state index contributed by atoms with van der Waals surface area (Å²) in [5.74, 6) is 0.209. The van der Waals surface area contributed by atoms with Crippen LogP contribution in [-0.2, 0) is 4.74 Å². The Bertz CT molecular complexity index is 791. The second kappa shape index (κ2) is 6.13. The van der Waals surface area contributed by atoms with Gasteiger partial charge in [0.15, 0.2) is 0 Å². The molecule has 1 heteroatoms. The maximum Gasteiger partial charge on any atom is 0.134 e. The van der Waals surface area contributed by atoms with E-state index in [9.17, 15) is 0 Å². The molecule has 0 saturated heterocycles. The van der Waals surface area contributed by atoms with E-state index >= 15 is 0 Å². The zero-order chi connectivity index (χ0) is 15.5. The predicted octanol–water partition coefficient (Wildman–Crippen LogP) is 5.58. The zero-order valence-electron chi connectivity index (χ0n) is 12.8. The quantitative estimate of drug-likeness (QED) is 0.613. The van der Waals surface area contributed by atoms with Gasteiger partial charge in [-0.1, -0.05) is 91.0 Å². The Morgan fingerprint density at radius 1 is 0.565 bits per heavy atom. The normalized spacial score (nSPS) is 19.9. The molecule has 0 unspecified atom stereocenters. The average Bonchev–Trinajstić information content (AvgIpc) is 3.09. The van der Waals surface area contributed by atoms with Crippen molar-refractivity contribution in [3.63, 3.8) is 0 Å². The van der Waals surface area contributed by atoms with E-state index in [0.29, 0.717) is 0 Å². The molecule has 0 aliphatic carbocycles. The third kappa shape index (κ3) is 2.66. The molecule has 0 saturated carbocycles. The van der Waals surface area contributed by atoms with Crippen molar-refractivity contribution in [3.8, 4) is 0 Å². The maximum absolute atomic E-state index is 6.11. The minimum Gasteiger partial charge on any atom is -0.492 e. The highest BCUT2D eigenvalue weighted by Crippen LogP contribution is 2.48. The molecule has 0 N–H and O–H groups in total. The second-order valence-electron chi connectivity index (χ2n) is 5.79. The topological polar surface area (TPSA) is 9.23 Å². The first-order chi connectivity index (χ1) is 11.4. The smallest absolute Gasteiger partial charge is 0.134 e. The summed E-state index contributed by atoms with van der Waals surface area (Å²) in [7, 11) is 0. The Hall–Kier alpha value is -2.80. The lowest BCUT2D eigenvalue weighted by Crippen LogP contribution is -2.09. The fourth-order valence-electron chi connectivity index (χ4n) is 3.27. The van der Waals surface area contributed by atoms with E-state index in [1.807, 2.05) is 18.4 Å². The maximum atomic E-state index is 6.11. The van der Waals surface area contributed by atoms with E-state index in [1.54, 1.807) is 0 Å². The molecular weight excluding hydrogens is 280 g/mol. The molecular formula is C22H18O. The van der Waals surface area contributed by atoms with Gasteiger partial charge in [-0.3, -0.25) is 0 Å². The van der Waals surface area contributed by atoms with Crippen LogP contribution in [0.15, 0.2) is 97.3 Å². The average molecular weight is 298 g/mol. The first-order valence-electron chi connectivity index (χ1n) is 7.94. The minimum atomic E-state index is 0.0220. The van der Waals surface area contributed by atoms with E-state index in [4.69, 9.17) is 4.74 Å². The lowest BCUT2D eigenvalue weighted by molar-refractivity contribution is 0.159. The molecule has 1 heterocycles. The van der Waals surface area contributed by atoms with Gasteiger partial charge in [0, 0.05) is 5.57 Å². The highest BCUT2D eigenvalue weighted by Gasteiger charge is 2.34. The van der Waals surface area contributed by atoms with Gasteiger partial charge in [0.25, 0.3) is 0 Å². The molecule has 112 valence electrons. The molecule has 0 aromatic heterocycles. The Morgan fingerprint density at radius 3 is 1.70 bits per heavy atom. The van der Waals surface area contributed by atoms with Gasteiger partial charge in [-0.05, 0) is 16.7 Å². The van der Waals surface area contributed by atoms with E-state index in [0.717, 1.165) is 0 Å². The molecule has 0 bridgehead atoms. The van der Waals surface area contributed by atoms with Crippen molar-refractivity contribution in [3.05, 3.63) is 114 Å². The third-order valence-electron chi connectivity index (χ3n) is 4.37. The SMILES string of the molecule is C1=C(c2ccccc2)[C@@H](c2ccccc2)[C@H](c2ccccc2)O1. The fourth-order valence-corrected chi connectivity index (χ4v) is 3.27. The Morgan fingerprint density at radius 2 is 1.09 bits per heavy atom. The van der Waals surface area contributed by atoms with E-state index in [-0.39, 0.29) is 12.0 Å². The molecule has 4 rings (SSSR count). The molecule has 3 aromatic rings. The van der Waals surface area contributed by atoms with Crippen LogP contribution in [0, 0.1) is 0 Å². The van der Waals surface area contributed by atoms with Gasteiger partial charge in [-0.15, -0.1) is 0 Å². The Balaban J connectivity index is 1.79. The van der Waals surface area contributed by atoms with E-state index in [2.05, 4.69) is 78.9 Å². The third-order valence-corrected chi connectivity index (χ3v) is 4.37. The highest BCUT2D eigenvalue weighted by atomic mass is 16.5. The molecule has 0 spiro atoms. The number of hydrogen-bond acceptors (Lipinski definition) is 1. The van der Waals surface area contributed by atoms with Crippen LogP contribution in [-0.4, -0.2) is 0 Å². The van der Waals surface area contributed by atoms with Gasteiger partial charge in [0.1, 0.15) is 6.10 Å². The van der Waals surface area contributed by atoms with E-state index < -0.39 is 0 Å². The van der Waals surface area contributed by atoms with Gasteiger partial charge < -0.3 is 4.74 Å². The number of rotatable bonds is 3. The van der Waals surface area contributed by atoms with Crippen molar-refractivity contribution >= 4 is 5.57 Å². The largest absolute Gasteiger partial charge is 0.492 e. The first-order valence-corrected chi connectivity index (χ1v) is 7.94. The van der Waals surface area contributed by atoms with Crippen LogP contribution in [0.25, 0.3) is 5.57 Å². The van der Waals surface area contributed by atoms with Crippen LogP contribution in [0.4, 0.5) is 0 Å². The summed E-state index contributed by atoms with van der Waals surface area (Å²) < 4.78 is 6.11. The highest BCUT2D eigenvalue weighted by molar-refractivity contribution is 5.73. The van der Waals surface area contributed by atoms with Crippen molar-refractivity contribution in [2.45, 2.75) is 12.0 Å². The summed E-state index contributed by atoms with van der Waals surface area (Å²) in [4.78, 5) is 0. The number of ether oxygens (including phenoxy) is 1. The summed E-state index contributed by atoms with van der Waals surface area (Å²) in [6, 6.07) is 31.6. The van der Waals surface area contributed by atoms with Gasteiger partial charge in [-0.2, -0.15) is 0 Å². The predicted molar refractivity (Wildman–Crippen MR) is 93.9 cm³/mol. The Kier molecular flexibility index (Phi) is 3.69. The van der Waals surface area contributed by atoms with Crippen LogP contribution < -0.4 is 0 Å². The molecule has 0 radical (unpaired) electrons. The first kappa shape index (κ1) is 13.8. The van der Waals surface area contributed by atoms with Crippen LogP contribution in [0.1, 0.15) is 28.7 Å². The molecule has 1 nitrogen and oxygen atoms in total. The molecule has 0 fully saturated rings. The summed E-state index contributed by atoms with van der Waals surface area (Å²) >= 11 is 0. The van der Waals surface area contributed by atoms with Gasteiger partial charge >= 0.3 is 0 Å². The Labute approximate surface area is 136 Å². The van der Waals surface area contributed by atoms with Gasteiger partial charge in [-0.25, -0.2) is 0 Å². The fraction of sp³-hybridized carbons (Fsp3) is 0.0909. The molecule has 3 aromatic carbocycles. The van der Waals surface area contributed by atoms with Crippen molar-refractivity contribution in [1.29, 1.82) is 0 Å². The summed E-state index contributed by atoms with van der Waals surface area (Å²) in [6.45, 7) is 0. The van der Waals surface area contributed by atoms with Crippen molar-refractivity contribution < 1.29 is 4.74 Å². The summed E-state index contributed by atoms with van der Waals surface area (Å²) in [6.07, 6.45) is 1.96. The standard InChI is InChI=1S/C22H18O/c1-4-10-17(11-5-1)20-16-23-22(19-14-8-3-9-15-19)21(20)18-12-6-2-7-13-18/h1-16,21-22H/t21-,22+/m1/s1. The molecule has 23 heavy (non-hydrogen) atoms. The van der Waals surface area contributed by atoms with Crippen LogP contribution in [0.5, 0.6) is 0 Å². The van der Waals surface area contributed by atoms with Gasteiger partial charge in [0.2, 0.25) is 0 Å². The van der Waals surface area contributed by atoms with Crippen LogP contribution in [0.3, 0.4) is 0 Å². The zero-order valence-corrected chi connectivity index (χ0v) is 12.8. The van der Waals surface area contributed by atoms with Crippen LogP contribution in [0.2, 0.25) is 0 Å². The second-order valence-corrected chi connectivity index (χ2v) is 5.79. The van der Waals surface area contributed by atoms with Crippen molar-refractivity contribution in [2.24, 2.45) is 0 Å². The molecule has 1 aliphatic heterocycles. The van der Waals surface area contributed by atoms with E-state index in [1.165, 1.54) is 22.3 Å². The van der Waals surface area contributed by atoms with Crippen LogP contribution >= 0.6 is 0 Å². The molecule has 2 atom stereocenters. The minimum absolute atomic E-state index is 0.0220. The van der Waals surface area contributed by atoms with Gasteiger partial charge in [0.05, 0.1) is 12.2 Å².